The number of methoxy groups -OCH3 is 2. The summed E-state index contributed by atoms with van der Waals surface area (Å²) in [5, 5.41) is 6.75. The van der Waals surface area contributed by atoms with Crippen molar-refractivity contribution in [2.24, 2.45) is 4.99 Å². The second-order valence-electron chi connectivity index (χ2n) is 5.17. The van der Waals surface area contributed by atoms with E-state index >= 15 is 0 Å². The van der Waals surface area contributed by atoms with Crippen molar-refractivity contribution in [2.45, 2.75) is 25.8 Å². The molecule has 2 N–H and O–H groups in total. The minimum atomic E-state index is 0.0532. The standard InChI is InChI=1S/C17H29N3O2S/c1-13(15-12-14(21-3)8-9-16(15)22-4)20-17(18-2)19-10-6-7-11-23-5/h8-9,12-13H,6-7,10-11H2,1-5H3,(H2,18,19,20). The van der Waals surface area contributed by atoms with Gasteiger partial charge in [0.2, 0.25) is 0 Å². The number of thioether (sulfide) groups is 1. The lowest BCUT2D eigenvalue weighted by Gasteiger charge is -2.20. The molecule has 0 radical (unpaired) electrons. The van der Waals surface area contributed by atoms with E-state index in [9.17, 15) is 0 Å². The number of hydrogen-bond donors (Lipinski definition) is 2. The van der Waals surface area contributed by atoms with Crippen LogP contribution in [0.15, 0.2) is 23.2 Å². The molecule has 6 heteroatoms. The summed E-state index contributed by atoms with van der Waals surface area (Å²) in [6.45, 7) is 3.00. The van der Waals surface area contributed by atoms with Crippen molar-refractivity contribution in [1.82, 2.24) is 10.6 Å². The van der Waals surface area contributed by atoms with Crippen LogP contribution in [0.3, 0.4) is 0 Å². The van der Waals surface area contributed by atoms with Crippen molar-refractivity contribution >= 4 is 17.7 Å². The van der Waals surface area contributed by atoms with Gasteiger partial charge in [-0.05, 0) is 50.0 Å². The molecule has 23 heavy (non-hydrogen) atoms. The molecule has 1 rings (SSSR count). The highest BCUT2D eigenvalue weighted by Crippen LogP contribution is 2.29. The molecule has 0 saturated heterocycles. The minimum absolute atomic E-state index is 0.0532. The van der Waals surface area contributed by atoms with E-state index in [1.165, 1.54) is 12.2 Å². The van der Waals surface area contributed by atoms with Gasteiger partial charge in [0.05, 0.1) is 20.3 Å². The maximum Gasteiger partial charge on any atom is 0.191 e. The molecular weight excluding hydrogens is 310 g/mol. The molecule has 1 aromatic carbocycles. The van der Waals surface area contributed by atoms with Gasteiger partial charge in [0.15, 0.2) is 5.96 Å². The third-order valence-corrected chi connectivity index (χ3v) is 4.24. The number of ether oxygens (including phenoxy) is 2. The molecule has 0 fully saturated rings. The van der Waals surface area contributed by atoms with Gasteiger partial charge in [-0.25, -0.2) is 0 Å². The van der Waals surface area contributed by atoms with Gasteiger partial charge in [-0.2, -0.15) is 11.8 Å². The molecule has 0 aliphatic rings. The van der Waals surface area contributed by atoms with Gasteiger partial charge in [0, 0.05) is 19.2 Å². The SMILES string of the molecule is CN=C(NCCCCSC)NC(C)c1cc(OC)ccc1OC. The van der Waals surface area contributed by atoms with Gasteiger partial charge < -0.3 is 20.1 Å². The van der Waals surface area contributed by atoms with Crippen molar-refractivity contribution in [3.05, 3.63) is 23.8 Å². The third-order valence-electron chi connectivity index (χ3n) is 3.55. The second kappa shape index (κ2) is 11.0. The van der Waals surface area contributed by atoms with Gasteiger partial charge in [-0.15, -0.1) is 0 Å². The molecule has 0 amide bonds. The highest BCUT2D eigenvalue weighted by Gasteiger charge is 2.14. The summed E-state index contributed by atoms with van der Waals surface area (Å²) in [7, 11) is 5.13. The van der Waals surface area contributed by atoms with Crippen LogP contribution in [0, 0.1) is 0 Å². The number of benzene rings is 1. The smallest absolute Gasteiger partial charge is 0.191 e. The van der Waals surface area contributed by atoms with Crippen molar-refractivity contribution in [2.75, 3.05) is 39.8 Å². The topological polar surface area (TPSA) is 54.9 Å². The molecular formula is C17H29N3O2S. The zero-order valence-electron chi connectivity index (χ0n) is 14.8. The number of hydrogen-bond acceptors (Lipinski definition) is 4. The Balaban J connectivity index is 2.64. The van der Waals surface area contributed by atoms with Crippen LogP contribution in [0.5, 0.6) is 11.5 Å². The zero-order chi connectivity index (χ0) is 17.1. The first-order valence-electron chi connectivity index (χ1n) is 7.84. The Morgan fingerprint density at radius 2 is 2.04 bits per heavy atom. The van der Waals surface area contributed by atoms with Crippen molar-refractivity contribution in [1.29, 1.82) is 0 Å². The molecule has 1 unspecified atom stereocenters. The minimum Gasteiger partial charge on any atom is -0.497 e. The number of unbranched alkanes of at least 4 members (excludes halogenated alkanes) is 1. The van der Waals surface area contributed by atoms with E-state index in [1.807, 2.05) is 30.0 Å². The van der Waals surface area contributed by atoms with Crippen LogP contribution in [0.4, 0.5) is 0 Å². The number of nitrogens with one attached hydrogen (secondary N) is 2. The monoisotopic (exact) mass is 339 g/mol. The molecule has 0 aliphatic carbocycles. The highest BCUT2D eigenvalue weighted by molar-refractivity contribution is 7.98. The third kappa shape index (κ3) is 6.60. The van der Waals surface area contributed by atoms with Gasteiger partial charge in [-0.3, -0.25) is 4.99 Å². The number of aliphatic imine (C=N–C) groups is 1. The quantitative estimate of drug-likeness (QED) is 0.411. The lowest BCUT2D eigenvalue weighted by Crippen LogP contribution is -2.39. The van der Waals surface area contributed by atoms with Crippen molar-refractivity contribution in [3.63, 3.8) is 0 Å². The van der Waals surface area contributed by atoms with Crippen LogP contribution in [-0.2, 0) is 0 Å². The Labute approximate surface area is 144 Å². The summed E-state index contributed by atoms with van der Waals surface area (Å²) >= 11 is 1.88. The lowest BCUT2D eigenvalue weighted by atomic mass is 10.1. The summed E-state index contributed by atoms with van der Waals surface area (Å²) in [4.78, 5) is 4.29. The Hall–Kier alpha value is -1.56. The number of rotatable bonds is 9. The Morgan fingerprint density at radius 3 is 2.65 bits per heavy atom. The predicted octanol–water partition coefficient (Wildman–Crippen LogP) is 3.07. The molecule has 1 aromatic rings. The Bertz CT molecular complexity index is 495. The summed E-state index contributed by atoms with van der Waals surface area (Å²) in [6.07, 6.45) is 4.49. The number of guanidine groups is 1. The van der Waals surface area contributed by atoms with Gasteiger partial charge >= 0.3 is 0 Å². The van der Waals surface area contributed by atoms with Crippen LogP contribution in [-0.4, -0.2) is 45.8 Å². The normalized spacial score (nSPS) is 12.7. The summed E-state index contributed by atoms with van der Waals surface area (Å²) in [6, 6.07) is 5.86. The van der Waals surface area contributed by atoms with Crippen molar-refractivity contribution < 1.29 is 9.47 Å². The average molecular weight is 340 g/mol. The van der Waals surface area contributed by atoms with Crippen molar-refractivity contribution in [3.8, 4) is 11.5 Å². The molecule has 0 heterocycles. The average Bonchev–Trinajstić information content (AvgIpc) is 2.59. The lowest BCUT2D eigenvalue weighted by molar-refractivity contribution is 0.394. The van der Waals surface area contributed by atoms with Gasteiger partial charge in [0.1, 0.15) is 11.5 Å². The molecule has 0 aromatic heterocycles. The fourth-order valence-electron chi connectivity index (χ4n) is 2.23. The van der Waals surface area contributed by atoms with Crippen LogP contribution in [0.25, 0.3) is 0 Å². The van der Waals surface area contributed by atoms with Crippen LogP contribution < -0.4 is 20.1 Å². The Morgan fingerprint density at radius 1 is 1.26 bits per heavy atom. The molecule has 1 atom stereocenters. The van der Waals surface area contributed by atoms with Gasteiger partial charge in [-0.1, -0.05) is 0 Å². The van der Waals surface area contributed by atoms with E-state index in [-0.39, 0.29) is 6.04 Å². The first-order valence-corrected chi connectivity index (χ1v) is 9.23. The molecule has 0 spiro atoms. The second-order valence-corrected chi connectivity index (χ2v) is 6.16. The molecule has 130 valence electrons. The summed E-state index contributed by atoms with van der Waals surface area (Å²) in [5.41, 5.74) is 1.04. The fourth-order valence-corrected chi connectivity index (χ4v) is 2.73. The predicted molar refractivity (Wildman–Crippen MR) is 100 cm³/mol. The maximum atomic E-state index is 5.45. The van der Waals surface area contributed by atoms with E-state index < -0.39 is 0 Å². The summed E-state index contributed by atoms with van der Waals surface area (Å²) < 4.78 is 10.8. The van der Waals surface area contributed by atoms with E-state index in [2.05, 4.69) is 28.8 Å². The zero-order valence-corrected chi connectivity index (χ0v) is 15.6. The first kappa shape index (κ1) is 19.5. The fraction of sp³-hybridized carbons (Fsp3) is 0.588. The van der Waals surface area contributed by atoms with E-state index in [4.69, 9.17) is 9.47 Å². The summed E-state index contributed by atoms with van der Waals surface area (Å²) in [5.74, 6) is 3.65. The van der Waals surface area contributed by atoms with E-state index in [0.717, 1.165) is 36.0 Å². The van der Waals surface area contributed by atoms with E-state index in [0.29, 0.717) is 0 Å². The Kier molecular flexibility index (Phi) is 9.36. The van der Waals surface area contributed by atoms with Crippen LogP contribution in [0.1, 0.15) is 31.4 Å². The highest BCUT2D eigenvalue weighted by atomic mass is 32.2. The molecule has 5 nitrogen and oxygen atoms in total. The van der Waals surface area contributed by atoms with E-state index in [1.54, 1.807) is 21.3 Å². The van der Waals surface area contributed by atoms with Crippen LogP contribution >= 0.6 is 11.8 Å². The first-order chi connectivity index (χ1) is 11.2. The molecule has 0 saturated carbocycles. The largest absolute Gasteiger partial charge is 0.497 e. The molecule has 0 aliphatic heterocycles. The maximum absolute atomic E-state index is 5.45. The van der Waals surface area contributed by atoms with Crippen LogP contribution in [0.2, 0.25) is 0 Å². The molecule has 0 bridgehead atoms. The van der Waals surface area contributed by atoms with Gasteiger partial charge in [0.25, 0.3) is 0 Å². The number of nitrogens with zero attached hydrogens (tertiary/aromatic N) is 1.